The topological polar surface area (TPSA) is 99.9 Å². The molecule has 2 aliphatic rings. The first-order chi connectivity index (χ1) is 18.5. The number of fused-ring (bicyclic) bond motifs is 1. The number of carbonyl (C=O) groups excluding carboxylic acids is 1. The van der Waals surface area contributed by atoms with Gasteiger partial charge in [0, 0.05) is 43.5 Å². The predicted molar refractivity (Wildman–Crippen MR) is 144 cm³/mol. The van der Waals surface area contributed by atoms with E-state index in [2.05, 4.69) is 15.1 Å². The summed E-state index contributed by atoms with van der Waals surface area (Å²) in [5.74, 6) is -0.449. The zero-order chi connectivity index (χ0) is 26.6. The van der Waals surface area contributed by atoms with Gasteiger partial charge in [0.05, 0.1) is 24.6 Å². The molecule has 0 spiro atoms. The molecule has 0 radical (unpaired) electrons. The fourth-order valence-electron chi connectivity index (χ4n) is 5.14. The summed E-state index contributed by atoms with van der Waals surface area (Å²) in [5.41, 5.74) is 1.59. The van der Waals surface area contributed by atoms with Crippen molar-refractivity contribution in [2.24, 2.45) is 0 Å². The molecular formula is C28H34FN5O4. The number of ether oxygens (including phenoxy) is 1. The van der Waals surface area contributed by atoms with Crippen LogP contribution in [0.15, 0.2) is 41.2 Å². The number of amides is 1. The molecule has 1 aliphatic carbocycles. The second kappa shape index (κ2) is 11.5. The normalized spacial score (nSPS) is 16.8. The molecule has 5 rings (SSSR count). The first kappa shape index (κ1) is 26.1. The minimum atomic E-state index is -0.520. The highest BCUT2D eigenvalue weighted by atomic mass is 19.1. The van der Waals surface area contributed by atoms with Gasteiger partial charge >= 0.3 is 0 Å². The van der Waals surface area contributed by atoms with Crippen LogP contribution in [0, 0.1) is 5.82 Å². The Labute approximate surface area is 220 Å². The molecule has 2 heterocycles. The van der Waals surface area contributed by atoms with Crippen molar-refractivity contribution in [2.45, 2.75) is 38.3 Å². The van der Waals surface area contributed by atoms with E-state index in [1.807, 2.05) is 18.2 Å². The molecule has 38 heavy (non-hydrogen) atoms. The summed E-state index contributed by atoms with van der Waals surface area (Å²) in [5, 5.41) is 12.7. The summed E-state index contributed by atoms with van der Waals surface area (Å²) in [4.78, 5) is 36.0. The van der Waals surface area contributed by atoms with Crippen LogP contribution in [0.3, 0.4) is 0 Å². The number of aliphatic hydroxyl groups is 1. The van der Waals surface area contributed by atoms with Gasteiger partial charge in [-0.1, -0.05) is 0 Å². The fourth-order valence-corrected chi connectivity index (χ4v) is 5.14. The molecule has 2 aromatic carbocycles. The number of methoxy groups -OCH3 is 1. The van der Waals surface area contributed by atoms with Gasteiger partial charge in [-0.3, -0.25) is 19.1 Å². The Morgan fingerprint density at radius 3 is 2.71 bits per heavy atom. The van der Waals surface area contributed by atoms with Gasteiger partial charge in [-0.25, -0.2) is 9.37 Å². The number of benzene rings is 2. The Balaban J connectivity index is 1.54. The molecule has 1 amide bonds. The molecule has 0 bridgehead atoms. The Morgan fingerprint density at radius 2 is 1.97 bits per heavy atom. The lowest BCUT2D eigenvalue weighted by Crippen LogP contribution is -2.42. The zero-order valence-corrected chi connectivity index (χ0v) is 21.7. The van der Waals surface area contributed by atoms with Gasteiger partial charge in [0.1, 0.15) is 12.4 Å². The van der Waals surface area contributed by atoms with Crippen LogP contribution in [-0.4, -0.2) is 77.9 Å². The lowest BCUT2D eigenvalue weighted by Gasteiger charge is -2.26. The number of nitrogens with one attached hydrogen (secondary N) is 1. The highest BCUT2D eigenvalue weighted by Gasteiger charge is 2.23. The second-order valence-electron chi connectivity index (χ2n) is 9.98. The van der Waals surface area contributed by atoms with Crippen molar-refractivity contribution in [2.75, 3.05) is 51.3 Å². The van der Waals surface area contributed by atoms with Crippen molar-refractivity contribution in [1.29, 1.82) is 0 Å². The highest BCUT2D eigenvalue weighted by molar-refractivity contribution is 5.85. The average Bonchev–Trinajstić information content (AvgIpc) is 3.14. The molecule has 2 N–H and O–H groups in total. The Kier molecular flexibility index (Phi) is 7.90. The van der Waals surface area contributed by atoms with Gasteiger partial charge in [0.25, 0.3) is 5.56 Å². The smallest absolute Gasteiger partial charge is 0.262 e. The van der Waals surface area contributed by atoms with Crippen molar-refractivity contribution in [3.63, 3.8) is 0 Å². The number of halogens is 1. The Morgan fingerprint density at radius 1 is 1.13 bits per heavy atom. The second-order valence-corrected chi connectivity index (χ2v) is 9.98. The van der Waals surface area contributed by atoms with Crippen LogP contribution in [0.2, 0.25) is 0 Å². The maximum atomic E-state index is 14.1. The van der Waals surface area contributed by atoms with Gasteiger partial charge in [-0.15, -0.1) is 0 Å². The van der Waals surface area contributed by atoms with Gasteiger partial charge in [0.15, 0.2) is 11.6 Å². The van der Waals surface area contributed by atoms with Gasteiger partial charge in [-0.2, -0.15) is 0 Å². The molecule has 0 atom stereocenters. The third kappa shape index (κ3) is 5.51. The molecular weight excluding hydrogens is 489 g/mol. The van der Waals surface area contributed by atoms with E-state index in [4.69, 9.17) is 9.72 Å². The third-order valence-corrected chi connectivity index (χ3v) is 7.49. The molecule has 1 aromatic heterocycles. The van der Waals surface area contributed by atoms with Crippen LogP contribution >= 0.6 is 0 Å². The van der Waals surface area contributed by atoms with Crippen molar-refractivity contribution in [3.8, 4) is 17.1 Å². The lowest BCUT2D eigenvalue weighted by atomic mass is 9.93. The fraction of sp³-hybridized carbons (Fsp3) is 0.464. The van der Waals surface area contributed by atoms with Crippen LogP contribution in [0.5, 0.6) is 5.75 Å². The first-order valence-corrected chi connectivity index (χ1v) is 13.2. The van der Waals surface area contributed by atoms with E-state index in [0.29, 0.717) is 23.0 Å². The molecule has 9 nitrogen and oxygen atoms in total. The van der Waals surface area contributed by atoms with Crippen LogP contribution in [-0.2, 0) is 11.3 Å². The Hall–Kier alpha value is -3.50. The Bertz CT molecular complexity index is 1370. The van der Waals surface area contributed by atoms with Gasteiger partial charge in [-0.05, 0) is 68.6 Å². The van der Waals surface area contributed by atoms with Crippen molar-refractivity contribution in [1.82, 2.24) is 19.8 Å². The zero-order valence-electron chi connectivity index (χ0n) is 21.7. The van der Waals surface area contributed by atoms with E-state index in [-0.39, 0.29) is 42.2 Å². The summed E-state index contributed by atoms with van der Waals surface area (Å²) in [6, 6.07) is 10.1. The summed E-state index contributed by atoms with van der Waals surface area (Å²) in [7, 11) is 1.38. The van der Waals surface area contributed by atoms with Crippen LogP contribution in [0.1, 0.15) is 25.7 Å². The summed E-state index contributed by atoms with van der Waals surface area (Å²) < 4.78 is 20.7. The number of rotatable bonds is 8. The van der Waals surface area contributed by atoms with Crippen LogP contribution in [0.4, 0.5) is 10.1 Å². The molecule has 10 heteroatoms. The summed E-state index contributed by atoms with van der Waals surface area (Å²) in [6.45, 7) is 3.97. The summed E-state index contributed by atoms with van der Waals surface area (Å²) in [6.07, 6.45) is 3.91. The van der Waals surface area contributed by atoms with E-state index < -0.39 is 5.82 Å². The maximum Gasteiger partial charge on any atom is 0.262 e. The van der Waals surface area contributed by atoms with E-state index in [1.54, 1.807) is 0 Å². The number of aliphatic hydroxyl groups excluding tert-OH is 1. The van der Waals surface area contributed by atoms with E-state index in [9.17, 15) is 19.1 Å². The number of carbonyl (C=O) groups is 1. The minimum Gasteiger partial charge on any atom is -0.494 e. The average molecular weight is 524 g/mol. The largest absolute Gasteiger partial charge is 0.494 e. The SMILES string of the molecule is COc1cc(-c2nc3ccc(N4CCCN(CCO)CC4)cc3c(=O)n2CC(=O)NC2CCC2)ccc1F. The molecule has 0 unspecified atom stereocenters. The number of nitrogens with zero attached hydrogens (tertiary/aromatic N) is 4. The number of β-amino-alcohol motifs (C(OH)–C–C–N with tert-alkyl or cyclic N) is 1. The molecule has 1 aliphatic heterocycles. The standard InChI is InChI=1S/C28H34FN5O4/c1-38-25-16-19(6-8-23(25)29)27-31-24-9-7-21(33-11-3-10-32(12-13-33)14-15-35)17-22(24)28(37)34(27)18-26(36)30-20-4-2-5-20/h6-9,16-17,20,35H,2-5,10-15,18H2,1H3,(H,30,36). The van der Waals surface area contributed by atoms with Crippen molar-refractivity contribution >= 4 is 22.5 Å². The van der Waals surface area contributed by atoms with E-state index in [0.717, 1.165) is 57.5 Å². The molecule has 202 valence electrons. The highest BCUT2D eigenvalue weighted by Crippen LogP contribution is 2.27. The van der Waals surface area contributed by atoms with Crippen molar-refractivity contribution < 1.29 is 19.0 Å². The number of aromatic nitrogens is 2. The summed E-state index contributed by atoms with van der Waals surface area (Å²) >= 11 is 0. The maximum absolute atomic E-state index is 14.1. The molecule has 1 saturated carbocycles. The first-order valence-electron chi connectivity index (χ1n) is 13.2. The number of anilines is 1. The van der Waals surface area contributed by atoms with E-state index >= 15 is 0 Å². The van der Waals surface area contributed by atoms with Gasteiger partial charge < -0.3 is 20.1 Å². The molecule has 2 fully saturated rings. The quantitative estimate of drug-likeness (QED) is 0.468. The monoisotopic (exact) mass is 523 g/mol. The van der Waals surface area contributed by atoms with Crippen LogP contribution in [0.25, 0.3) is 22.3 Å². The number of hydrogen-bond donors (Lipinski definition) is 2. The molecule has 3 aromatic rings. The number of hydrogen-bond acceptors (Lipinski definition) is 7. The lowest BCUT2D eigenvalue weighted by molar-refractivity contribution is -0.122. The van der Waals surface area contributed by atoms with E-state index in [1.165, 1.54) is 29.9 Å². The minimum absolute atomic E-state index is 0.0362. The van der Waals surface area contributed by atoms with Crippen molar-refractivity contribution in [3.05, 3.63) is 52.6 Å². The molecule has 1 saturated heterocycles. The van der Waals surface area contributed by atoms with Crippen LogP contribution < -0.4 is 20.5 Å². The third-order valence-electron chi connectivity index (χ3n) is 7.49. The predicted octanol–water partition coefficient (Wildman–Crippen LogP) is 2.38. The van der Waals surface area contributed by atoms with Gasteiger partial charge in [0.2, 0.25) is 5.91 Å².